The lowest BCUT2D eigenvalue weighted by Crippen LogP contribution is -2.43. The molecule has 7 aromatic rings. The molecule has 0 unspecified atom stereocenters. The number of aromatic amines is 1. The maximum absolute atomic E-state index is 4.28. The SMILES string of the molecule is CC(C)[Si](C#Cc1c2ccccc2c(C#C[Si](C(C)C)(C(C)C)C(C)C)c2c1ccc1[nH]c3ccc4c(C#C[Si](C(C)C)(C(C)C)C(C)C)c5ccccc5c(C#C[Si](C(C)C)(C(C)C)C(C)C)c4c3c12)(C(C)C)C(C)C. The van der Waals surface area contributed by atoms with Crippen LogP contribution >= 0.6 is 0 Å². The molecular weight excluding hydrogens is 991 g/mol. The molecule has 0 bridgehead atoms. The molecule has 0 fully saturated rings. The van der Waals surface area contributed by atoms with Crippen molar-refractivity contribution in [1.29, 1.82) is 0 Å². The van der Waals surface area contributed by atoms with Gasteiger partial charge in [0.2, 0.25) is 0 Å². The van der Waals surface area contributed by atoms with Gasteiger partial charge in [-0.1, -0.05) is 251 Å². The van der Waals surface area contributed by atoms with Crippen LogP contribution in [0.5, 0.6) is 0 Å². The molecule has 0 aliphatic rings. The summed E-state index contributed by atoms with van der Waals surface area (Å²) in [6.07, 6.45) is 0. The highest BCUT2D eigenvalue weighted by Gasteiger charge is 2.45. The number of fused-ring (bicyclic) bond motifs is 9. The second-order valence-electron chi connectivity index (χ2n) is 27.1. The van der Waals surface area contributed by atoms with Gasteiger partial charge in [0.25, 0.3) is 0 Å². The maximum Gasteiger partial charge on any atom is 0.146 e. The first-order valence-corrected chi connectivity index (χ1v) is 39.0. The predicted octanol–water partition coefficient (Wildman–Crippen LogP) is 22.2. The van der Waals surface area contributed by atoms with Crippen LogP contribution < -0.4 is 0 Å². The zero-order valence-electron chi connectivity index (χ0n) is 52.4. The Morgan fingerprint density at radius 3 is 0.675 bits per heavy atom. The van der Waals surface area contributed by atoms with E-state index in [0.29, 0.717) is 66.5 Å². The van der Waals surface area contributed by atoms with Gasteiger partial charge in [-0.15, -0.1) is 22.2 Å². The predicted molar refractivity (Wildman–Crippen MR) is 358 cm³/mol. The zero-order valence-corrected chi connectivity index (χ0v) is 56.4. The fraction of sp³-hybridized carbons (Fsp3) is 0.500. The van der Waals surface area contributed by atoms with Crippen LogP contribution in [0.4, 0.5) is 0 Å². The van der Waals surface area contributed by atoms with E-state index in [9.17, 15) is 0 Å². The average Bonchev–Trinajstić information content (AvgIpc) is 4.01. The van der Waals surface area contributed by atoms with Gasteiger partial charge in [-0.25, -0.2) is 0 Å². The molecule has 0 aliphatic carbocycles. The largest absolute Gasteiger partial charge is 0.354 e. The van der Waals surface area contributed by atoms with Crippen LogP contribution in [-0.4, -0.2) is 37.3 Å². The minimum Gasteiger partial charge on any atom is -0.354 e. The quantitative estimate of drug-likeness (QED) is 0.0713. The van der Waals surface area contributed by atoms with Crippen molar-refractivity contribution in [1.82, 2.24) is 4.98 Å². The van der Waals surface area contributed by atoms with Crippen LogP contribution in [-0.2, 0) is 0 Å². The van der Waals surface area contributed by atoms with E-state index >= 15 is 0 Å². The van der Waals surface area contributed by atoms with Crippen molar-refractivity contribution in [3.8, 4) is 45.9 Å². The van der Waals surface area contributed by atoms with Crippen molar-refractivity contribution in [2.24, 2.45) is 0 Å². The van der Waals surface area contributed by atoms with Crippen LogP contribution in [0.1, 0.15) is 188 Å². The lowest BCUT2D eigenvalue weighted by molar-refractivity contribution is 0.838. The normalized spacial score (nSPS) is 13.1. The van der Waals surface area contributed by atoms with Crippen molar-refractivity contribution < 1.29 is 0 Å². The van der Waals surface area contributed by atoms with E-state index in [0.717, 1.165) is 33.3 Å². The van der Waals surface area contributed by atoms with Crippen molar-refractivity contribution in [3.63, 3.8) is 0 Å². The number of benzene rings is 6. The first-order chi connectivity index (χ1) is 36.1. The molecule has 1 heterocycles. The first kappa shape index (κ1) is 59.9. The van der Waals surface area contributed by atoms with E-state index in [2.05, 4.69) is 290 Å². The summed E-state index contributed by atoms with van der Waals surface area (Å²) in [6, 6.07) is 27.7. The first-order valence-electron chi connectivity index (χ1n) is 30.0. The Balaban J connectivity index is 1.88. The van der Waals surface area contributed by atoms with Crippen LogP contribution in [0, 0.1) is 45.9 Å². The standard InChI is InChI=1S/C72H97NSi4/c1-45(2)74(46(3)4,47(5)6)41-37-61-57-29-25-27-31-59(57)65(39-43-76(51(13)14,52(15)16)53(17)18)69-63(61)33-35-67-71(69)72-68(73-67)36-34-64-62(38-42-75(48(7)8,49(9)10)50(11)12)58-30-26-28-32-60(58)66(70(64)72)40-44-77(54(19)20,55(21)22)56(23)24/h25-36,45-56,73H,1-24H3. The van der Waals surface area contributed by atoms with Gasteiger partial charge in [-0.05, 0) is 111 Å². The van der Waals surface area contributed by atoms with Crippen LogP contribution in [0.2, 0.25) is 66.5 Å². The maximum atomic E-state index is 4.28. The van der Waals surface area contributed by atoms with Gasteiger partial charge < -0.3 is 4.98 Å². The van der Waals surface area contributed by atoms with Crippen LogP contribution in [0.3, 0.4) is 0 Å². The number of hydrogen-bond donors (Lipinski definition) is 1. The average molecular weight is 1090 g/mol. The third-order valence-corrected chi connectivity index (χ3v) is 45.1. The van der Waals surface area contributed by atoms with E-state index < -0.39 is 32.3 Å². The molecule has 7 rings (SSSR count). The van der Waals surface area contributed by atoms with Gasteiger partial charge in [-0.2, -0.15) is 0 Å². The van der Waals surface area contributed by atoms with Crippen molar-refractivity contribution in [2.75, 3.05) is 0 Å². The van der Waals surface area contributed by atoms with Gasteiger partial charge in [0.05, 0.1) is 0 Å². The summed E-state index contributed by atoms with van der Waals surface area (Å²) in [6.45, 7) is 58.4. The molecular formula is C72H97NSi4. The van der Waals surface area contributed by atoms with Gasteiger partial charge in [0.15, 0.2) is 0 Å². The molecule has 1 aromatic heterocycles. The lowest BCUT2D eigenvalue weighted by atomic mass is 9.87. The molecule has 0 radical (unpaired) electrons. The Labute approximate surface area is 472 Å². The highest BCUT2D eigenvalue weighted by atomic mass is 28.3. The van der Waals surface area contributed by atoms with Gasteiger partial charge >= 0.3 is 0 Å². The minimum absolute atomic E-state index is 0.493. The molecule has 0 spiro atoms. The highest BCUT2D eigenvalue weighted by Crippen LogP contribution is 2.49. The van der Waals surface area contributed by atoms with Crippen molar-refractivity contribution >= 4 is 97.2 Å². The molecule has 0 saturated carbocycles. The minimum atomic E-state index is -2.20. The van der Waals surface area contributed by atoms with Gasteiger partial charge in [0.1, 0.15) is 32.3 Å². The third kappa shape index (κ3) is 9.75. The summed E-state index contributed by atoms with van der Waals surface area (Å²) in [5.41, 5.74) is 29.8. The number of rotatable bonds is 12. The molecule has 1 nitrogen and oxygen atoms in total. The Morgan fingerprint density at radius 1 is 0.247 bits per heavy atom. The summed E-state index contributed by atoms with van der Waals surface area (Å²) in [5.74, 6) is 16.6. The fourth-order valence-electron chi connectivity index (χ4n) is 16.4. The molecule has 5 heteroatoms. The monoisotopic (exact) mass is 1090 g/mol. The molecule has 0 amide bonds. The smallest absolute Gasteiger partial charge is 0.146 e. The summed E-state index contributed by atoms with van der Waals surface area (Å²) in [4.78, 5) is 4.07. The molecule has 0 atom stereocenters. The lowest BCUT2D eigenvalue weighted by Gasteiger charge is -2.38. The zero-order chi connectivity index (χ0) is 57.0. The highest BCUT2D eigenvalue weighted by molar-refractivity contribution is 6.92. The molecule has 1 N–H and O–H groups in total. The van der Waals surface area contributed by atoms with Gasteiger partial charge in [-0.3, -0.25) is 0 Å². The second kappa shape index (κ2) is 22.8. The fourth-order valence-corrected chi connectivity index (χ4v) is 37.2. The number of nitrogens with one attached hydrogen (secondary N) is 1. The number of aromatic nitrogens is 1. The molecule has 0 aliphatic heterocycles. The number of hydrogen-bond acceptors (Lipinski definition) is 0. The Morgan fingerprint density at radius 2 is 0.455 bits per heavy atom. The molecule has 6 aromatic carbocycles. The Kier molecular flexibility index (Phi) is 17.7. The van der Waals surface area contributed by atoms with Crippen LogP contribution in [0.15, 0.2) is 72.8 Å². The topological polar surface area (TPSA) is 15.8 Å². The van der Waals surface area contributed by atoms with E-state index in [1.165, 1.54) is 53.9 Å². The Hall–Kier alpha value is -4.73. The summed E-state index contributed by atoms with van der Waals surface area (Å²) in [7, 11) is -8.67. The van der Waals surface area contributed by atoms with E-state index in [4.69, 9.17) is 0 Å². The summed E-state index contributed by atoms with van der Waals surface area (Å²) < 4.78 is 0. The van der Waals surface area contributed by atoms with E-state index in [1.54, 1.807) is 0 Å². The Bertz CT molecular complexity index is 3290. The molecule has 77 heavy (non-hydrogen) atoms. The second-order valence-corrected chi connectivity index (χ2v) is 49.4. The van der Waals surface area contributed by atoms with Gasteiger partial charge in [0, 0.05) is 54.8 Å². The van der Waals surface area contributed by atoms with Crippen molar-refractivity contribution in [3.05, 3.63) is 95.1 Å². The summed E-state index contributed by atoms with van der Waals surface area (Å²) in [5, 5.41) is 12.0. The van der Waals surface area contributed by atoms with E-state index in [1.807, 2.05) is 0 Å². The third-order valence-electron chi connectivity index (χ3n) is 20.0. The summed E-state index contributed by atoms with van der Waals surface area (Å²) >= 11 is 0. The van der Waals surface area contributed by atoms with E-state index in [-0.39, 0.29) is 0 Å². The number of H-pyrrole nitrogens is 1. The molecule has 0 saturated heterocycles. The molecule has 406 valence electrons. The van der Waals surface area contributed by atoms with Crippen molar-refractivity contribution in [2.45, 2.75) is 233 Å². The van der Waals surface area contributed by atoms with Crippen LogP contribution in [0.25, 0.3) is 64.9 Å².